The first-order valence-corrected chi connectivity index (χ1v) is 6.83. The van der Waals surface area contributed by atoms with Gasteiger partial charge in [-0.15, -0.1) is 0 Å². The summed E-state index contributed by atoms with van der Waals surface area (Å²) in [4.78, 5) is 3.92. The Morgan fingerprint density at radius 3 is 1.94 bits per heavy atom. The monoisotopic (exact) mass is 359 g/mol. The van der Waals surface area contributed by atoms with Gasteiger partial charge in [-0.3, -0.25) is 0 Å². The summed E-state index contributed by atoms with van der Waals surface area (Å²) in [6, 6.07) is 3.12. The van der Waals surface area contributed by atoms with Gasteiger partial charge in [0.25, 0.3) is 0 Å². The van der Waals surface area contributed by atoms with E-state index < -0.39 is 0 Å². The maximum absolute atomic E-state index is 6.11. The second-order valence-electron chi connectivity index (χ2n) is 3.34. The number of rotatable bonds is 1. The van der Waals surface area contributed by atoms with Crippen LogP contribution in [0.25, 0.3) is 11.1 Å². The molecule has 1 heterocycles. The second kappa shape index (κ2) is 5.62. The van der Waals surface area contributed by atoms with Crippen LogP contribution in [0.3, 0.4) is 0 Å². The lowest BCUT2D eigenvalue weighted by Gasteiger charge is -2.09. The van der Waals surface area contributed by atoms with Crippen LogP contribution in [0.2, 0.25) is 30.3 Å². The van der Waals surface area contributed by atoms with Crippen molar-refractivity contribution in [2.24, 2.45) is 0 Å². The molecule has 18 heavy (non-hydrogen) atoms. The number of pyridine rings is 1. The van der Waals surface area contributed by atoms with Crippen LogP contribution in [0.15, 0.2) is 18.3 Å². The fraction of sp³-hybridized carbons (Fsp3) is 0. The zero-order chi connectivity index (χ0) is 13.4. The zero-order valence-corrected chi connectivity index (χ0v) is 13.0. The van der Waals surface area contributed by atoms with Gasteiger partial charge in [0.2, 0.25) is 0 Å². The van der Waals surface area contributed by atoms with Crippen LogP contribution in [0, 0.1) is 0 Å². The third-order valence-electron chi connectivity index (χ3n) is 2.22. The molecule has 0 spiro atoms. The highest BCUT2D eigenvalue weighted by molar-refractivity contribution is 6.49. The lowest BCUT2D eigenvalue weighted by molar-refractivity contribution is 1.33. The molecule has 0 radical (unpaired) electrons. The van der Waals surface area contributed by atoms with Crippen molar-refractivity contribution in [2.45, 2.75) is 0 Å². The summed E-state index contributed by atoms with van der Waals surface area (Å²) in [7, 11) is 0. The third-order valence-corrected chi connectivity index (χ3v) is 4.49. The van der Waals surface area contributed by atoms with Crippen LogP contribution in [-0.2, 0) is 0 Å². The van der Waals surface area contributed by atoms with Gasteiger partial charge in [-0.2, -0.15) is 0 Å². The lowest BCUT2D eigenvalue weighted by Crippen LogP contribution is -1.87. The van der Waals surface area contributed by atoms with Crippen molar-refractivity contribution in [1.82, 2.24) is 4.98 Å². The maximum atomic E-state index is 6.11. The Hall–Kier alpha value is 0.110. The molecular formula is C11H3Cl6N. The van der Waals surface area contributed by atoms with E-state index >= 15 is 0 Å². The molecule has 0 aliphatic rings. The van der Waals surface area contributed by atoms with Crippen LogP contribution < -0.4 is 0 Å². The van der Waals surface area contributed by atoms with Gasteiger partial charge in [0.05, 0.1) is 25.1 Å². The van der Waals surface area contributed by atoms with E-state index in [-0.39, 0.29) is 15.2 Å². The van der Waals surface area contributed by atoms with E-state index in [4.69, 9.17) is 69.6 Å². The van der Waals surface area contributed by atoms with E-state index in [1.807, 2.05) is 0 Å². The Labute approximate surface area is 134 Å². The minimum atomic E-state index is 0.126. The van der Waals surface area contributed by atoms with Gasteiger partial charge in [-0.25, -0.2) is 4.98 Å². The van der Waals surface area contributed by atoms with Gasteiger partial charge in [-0.05, 0) is 12.1 Å². The fourth-order valence-corrected chi connectivity index (χ4v) is 2.59. The molecule has 0 atom stereocenters. The highest BCUT2D eigenvalue weighted by atomic mass is 35.5. The summed E-state index contributed by atoms with van der Waals surface area (Å²) in [5.41, 5.74) is 1.12. The number of hydrogen-bond donors (Lipinski definition) is 0. The summed E-state index contributed by atoms with van der Waals surface area (Å²) >= 11 is 35.7. The van der Waals surface area contributed by atoms with E-state index in [1.165, 1.54) is 12.3 Å². The quantitative estimate of drug-likeness (QED) is 0.408. The van der Waals surface area contributed by atoms with Gasteiger partial charge >= 0.3 is 0 Å². The minimum absolute atomic E-state index is 0.126. The Bertz CT molecular complexity index is 625. The summed E-state index contributed by atoms with van der Waals surface area (Å²) in [6.07, 6.45) is 1.47. The van der Waals surface area contributed by atoms with Gasteiger partial charge in [0, 0.05) is 17.3 Å². The summed E-state index contributed by atoms with van der Waals surface area (Å²) < 4.78 is 0. The Morgan fingerprint density at radius 2 is 1.28 bits per heavy atom. The van der Waals surface area contributed by atoms with Gasteiger partial charge < -0.3 is 0 Å². The second-order valence-corrected chi connectivity index (χ2v) is 5.67. The highest BCUT2D eigenvalue weighted by Crippen LogP contribution is 2.41. The fourth-order valence-electron chi connectivity index (χ4n) is 1.36. The van der Waals surface area contributed by atoms with E-state index in [2.05, 4.69) is 4.98 Å². The first-order chi connectivity index (χ1) is 8.41. The van der Waals surface area contributed by atoms with Gasteiger partial charge in [0.1, 0.15) is 5.15 Å². The molecule has 0 unspecified atom stereocenters. The molecule has 0 aliphatic carbocycles. The van der Waals surface area contributed by atoms with Crippen LogP contribution in [0.5, 0.6) is 0 Å². The predicted octanol–water partition coefficient (Wildman–Crippen LogP) is 6.67. The topological polar surface area (TPSA) is 12.9 Å². The average Bonchev–Trinajstić information content (AvgIpc) is 2.32. The molecule has 1 nitrogen and oxygen atoms in total. The van der Waals surface area contributed by atoms with Crippen LogP contribution in [0.1, 0.15) is 0 Å². The number of nitrogens with zero attached hydrogens (tertiary/aromatic N) is 1. The third kappa shape index (κ3) is 2.67. The summed E-state index contributed by atoms with van der Waals surface area (Å²) in [5, 5.41) is 1.66. The summed E-state index contributed by atoms with van der Waals surface area (Å²) in [5.74, 6) is 0. The molecule has 0 saturated carbocycles. The zero-order valence-electron chi connectivity index (χ0n) is 8.45. The first-order valence-electron chi connectivity index (χ1n) is 4.56. The standard InChI is InChI=1S/C11H3Cl6N/c12-6-2-8(14)7(13)1-4(6)5-3-18-11(17)10(16)9(5)15/h1-3H. The molecule has 2 aromatic rings. The molecule has 0 fully saturated rings. The van der Waals surface area contributed by atoms with Crippen molar-refractivity contribution in [1.29, 1.82) is 0 Å². The number of aromatic nitrogens is 1. The average molecular weight is 362 g/mol. The van der Waals surface area contributed by atoms with Crippen molar-refractivity contribution in [3.63, 3.8) is 0 Å². The maximum Gasteiger partial charge on any atom is 0.149 e. The number of hydrogen-bond acceptors (Lipinski definition) is 1. The van der Waals surface area contributed by atoms with E-state index in [9.17, 15) is 0 Å². The molecule has 0 bridgehead atoms. The Morgan fingerprint density at radius 1 is 0.667 bits per heavy atom. The molecule has 1 aromatic carbocycles. The van der Waals surface area contributed by atoms with Gasteiger partial charge in [-0.1, -0.05) is 69.6 Å². The smallest absolute Gasteiger partial charge is 0.149 e. The molecule has 0 saturated heterocycles. The van der Waals surface area contributed by atoms with Gasteiger partial charge in [0.15, 0.2) is 0 Å². The Balaban J connectivity index is 2.70. The van der Waals surface area contributed by atoms with Crippen LogP contribution in [0.4, 0.5) is 0 Å². The first kappa shape index (κ1) is 14.5. The van der Waals surface area contributed by atoms with Crippen LogP contribution >= 0.6 is 69.6 Å². The molecular weight excluding hydrogens is 359 g/mol. The number of halogens is 6. The van der Waals surface area contributed by atoms with Crippen LogP contribution in [-0.4, -0.2) is 4.98 Å². The minimum Gasteiger partial charge on any atom is -0.242 e. The molecule has 7 heteroatoms. The largest absolute Gasteiger partial charge is 0.242 e. The molecule has 1 aromatic heterocycles. The molecule has 0 aliphatic heterocycles. The van der Waals surface area contributed by atoms with Crippen molar-refractivity contribution in [2.75, 3.05) is 0 Å². The highest BCUT2D eigenvalue weighted by Gasteiger charge is 2.15. The SMILES string of the molecule is Clc1cc(Cl)c(-c2cnc(Cl)c(Cl)c2Cl)cc1Cl. The predicted molar refractivity (Wildman–Crippen MR) is 79.7 cm³/mol. The summed E-state index contributed by atoms with van der Waals surface area (Å²) in [6.45, 7) is 0. The normalized spacial score (nSPS) is 10.8. The molecule has 0 N–H and O–H groups in total. The van der Waals surface area contributed by atoms with Crippen molar-refractivity contribution >= 4 is 69.6 Å². The number of benzene rings is 1. The lowest BCUT2D eigenvalue weighted by atomic mass is 10.1. The van der Waals surface area contributed by atoms with E-state index in [0.29, 0.717) is 26.2 Å². The Kier molecular flexibility index (Phi) is 4.53. The van der Waals surface area contributed by atoms with Crippen molar-refractivity contribution in [3.05, 3.63) is 48.6 Å². The van der Waals surface area contributed by atoms with Crippen molar-refractivity contribution in [3.8, 4) is 11.1 Å². The molecule has 94 valence electrons. The van der Waals surface area contributed by atoms with E-state index in [0.717, 1.165) is 0 Å². The molecule has 2 rings (SSSR count). The van der Waals surface area contributed by atoms with E-state index in [1.54, 1.807) is 6.07 Å². The van der Waals surface area contributed by atoms with Crippen molar-refractivity contribution < 1.29 is 0 Å². The molecule has 0 amide bonds.